The number of carbonyl (C=O) groups excluding carboxylic acids is 1. The van der Waals surface area contributed by atoms with Crippen LogP contribution in [0, 0.1) is 10.1 Å². The normalized spacial score (nSPS) is 21.2. The van der Waals surface area contributed by atoms with E-state index in [1.807, 2.05) is 0 Å². The van der Waals surface area contributed by atoms with Crippen LogP contribution in [0.15, 0.2) is 22.0 Å². The summed E-state index contributed by atoms with van der Waals surface area (Å²) in [6.45, 7) is 0. The van der Waals surface area contributed by atoms with E-state index in [0.717, 1.165) is 25.7 Å². The van der Waals surface area contributed by atoms with Gasteiger partial charge in [-0.3, -0.25) is 19.9 Å². The Hall–Kier alpha value is -2.55. The van der Waals surface area contributed by atoms with Crippen LogP contribution < -0.4 is 10.1 Å². The summed E-state index contributed by atoms with van der Waals surface area (Å²) in [5, 5.41) is 24.2. The summed E-state index contributed by atoms with van der Waals surface area (Å²) in [4.78, 5) is 27.6. The first kappa shape index (κ1) is 18.2. The third kappa shape index (κ3) is 3.98. The molecule has 8 nitrogen and oxygen atoms in total. The molecule has 1 saturated carbocycles. The Kier molecular flexibility index (Phi) is 5.46. The number of carbonyl (C=O) groups is 1. The molecule has 26 heavy (non-hydrogen) atoms. The van der Waals surface area contributed by atoms with E-state index >= 15 is 0 Å². The van der Waals surface area contributed by atoms with Crippen LogP contribution in [0.3, 0.4) is 0 Å². The van der Waals surface area contributed by atoms with Crippen LogP contribution in [-0.4, -0.2) is 34.3 Å². The van der Waals surface area contributed by atoms with E-state index in [0.29, 0.717) is 15.6 Å². The molecule has 138 valence electrons. The fraction of sp³-hybridized carbons (Fsp3) is 0.412. The van der Waals surface area contributed by atoms with Gasteiger partial charge < -0.3 is 15.2 Å². The summed E-state index contributed by atoms with van der Waals surface area (Å²) in [6, 6.07) is 2.88. The molecule has 1 aromatic rings. The Morgan fingerprint density at radius 3 is 2.77 bits per heavy atom. The number of nitro benzene ring substituents is 1. The molecule has 2 N–H and O–H groups in total. The van der Waals surface area contributed by atoms with Crippen molar-refractivity contribution in [3.63, 3.8) is 0 Å². The van der Waals surface area contributed by atoms with Gasteiger partial charge in [0.05, 0.1) is 23.0 Å². The number of hydrogen-bond donors (Lipinski definition) is 2. The van der Waals surface area contributed by atoms with Crippen LogP contribution in [-0.2, 0) is 4.79 Å². The average Bonchev–Trinajstić information content (AvgIpc) is 2.96. The van der Waals surface area contributed by atoms with Crippen LogP contribution in [0.2, 0.25) is 0 Å². The number of ether oxygens (including phenoxy) is 1. The molecule has 1 saturated heterocycles. The molecule has 1 amide bonds. The minimum Gasteiger partial charge on any atom is -0.500 e. The number of methoxy groups -OCH3 is 1. The maximum absolute atomic E-state index is 12.2. The molecule has 0 aromatic heterocycles. The van der Waals surface area contributed by atoms with E-state index in [4.69, 9.17) is 4.74 Å². The highest BCUT2D eigenvalue weighted by Gasteiger charge is 2.26. The number of nitrogens with one attached hydrogen (secondary N) is 1. The number of phenols is 1. The van der Waals surface area contributed by atoms with Crippen LogP contribution in [0.4, 0.5) is 5.69 Å². The number of amidine groups is 1. The van der Waals surface area contributed by atoms with Crippen molar-refractivity contribution in [3.8, 4) is 11.5 Å². The van der Waals surface area contributed by atoms with Crippen molar-refractivity contribution >= 4 is 34.6 Å². The summed E-state index contributed by atoms with van der Waals surface area (Å²) in [5.74, 6) is -0.854. The number of aliphatic imine (C=N–C) groups is 1. The summed E-state index contributed by atoms with van der Waals surface area (Å²) in [7, 11) is 1.31. The van der Waals surface area contributed by atoms with Gasteiger partial charge in [0.1, 0.15) is 0 Å². The van der Waals surface area contributed by atoms with Crippen LogP contribution in [0.5, 0.6) is 11.5 Å². The largest absolute Gasteiger partial charge is 0.500 e. The first-order chi connectivity index (χ1) is 12.5. The second-order valence-electron chi connectivity index (χ2n) is 6.14. The third-order valence-electron chi connectivity index (χ3n) is 4.32. The summed E-state index contributed by atoms with van der Waals surface area (Å²) >= 11 is 1.22. The SMILES string of the molecule is COc1cc(/C=C2\SC(=NC3CCCCC3)NC2=O)cc([N+](=O)[O-])c1O. The average molecular weight is 377 g/mol. The van der Waals surface area contributed by atoms with Gasteiger partial charge in [-0.2, -0.15) is 0 Å². The fourth-order valence-electron chi connectivity index (χ4n) is 3.01. The number of nitrogens with zero attached hydrogens (tertiary/aromatic N) is 2. The molecule has 1 aromatic carbocycles. The van der Waals surface area contributed by atoms with E-state index in [-0.39, 0.29) is 17.7 Å². The minimum atomic E-state index is -0.697. The number of hydrogen-bond acceptors (Lipinski definition) is 7. The number of rotatable bonds is 4. The Labute approximate surface area is 154 Å². The lowest BCUT2D eigenvalue weighted by Gasteiger charge is -2.17. The van der Waals surface area contributed by atoms with Gasteiger partial charge in [0.2, 0.25) is 5.75 Å². The third-order valence-corrected chi connectivity index (χ3v) is 5.24. The Morgan fingerprint density at radius 2 is 2.12 bits per heavy atom. The van der Waals surface area contributed by atoms with Gasteiger partial charge in [-0.05, 0) is 42.3 Å². The smallest absolute Gasteiger partial charge is 0.315 e. The fourth-order valence-corrected chi connectivity index (χ4v) is 3.90. The van der Waals surface area contributed by atoms with Crippen molar-refractivity contribution in [3.05, 3.63) is 32.7 Å². The molecule has 0 bridgehead atoms. The van der Waals surface area contributed by atoms with Gasteiger partial charge in [0.15, 0.2) is 10.9 Å². The Balaban J connectivity index is 1.85. The minimum absolute atomic E-state index is 0.0226. The van der Waals surface area contributed by atoms with Gasteiger partial charge in [0, 0.05) is 6.07 Å². The zero-order chi connectivity index (χ0) is 18.7. The van der Waals surface area contributed by atoms with Gasteiger partial charge in [-0.25, -0.2) is 0 Å². The number of thioether (sulfide) groups is 1. The van der Waals surface area contributed by atoms with Crippen LogP contribution >= 0.6 is 11.8 Å². The quantitative estimate of drug-likeness (QED) is 0.473. The summed E-state index contributed by atoms with van der Waals surface area (Å²) in [6.07, 6.45) is 7.12. The van der Waals surface area contributed by atoms with Crippen LogP contribution in [0.1, 0.15) is 37.7 Å². The molecular formula is C17H19N3O5S. The number of amides is 1. The maximum Gasteiger partial charge on any atom is 0.315 e. The van der Waals surface area contributed by atoms with Crippen LogP contribution in [0.25, 0.3) is 6.08 Å². The van der Waals surface area contributed by atoms with Crippen molar-refractivity contribution in [1.82, 2.24) is 5.32 Å². The van der Waals surface area contributed by atoms with Gasteiger partial charge in [0.25, 0.3) is 5.91 Å². The zero-order valence-electron chi connectivity index (χ0n) is 14.2. The standard InChI is InChI=1S/C17H19N3O5S/c1-25-13-8-10(7-12(15(13)21)20(23)24)9-14-16(22)19-17(26-14)18-11-5-3-2-4-6-11/h7-9,11,21H,2-6H2,1H3,(H,18,19,22)/b14-9-. The highest BCUT2D eigenvalue weighted by molar-refractivity contribution is 8.18. The number of benzene rings is 1. The maximum atomic E-state index is 12.2. The Bertz CT molecular complexity index is 800. The molecule has 2 aliphatic rings. The van der Waals surface area contributed by atoms with Gasteiger partial charge in [-0.15, -0.1) is 0 Å². The molecule has 0 radical (unpaired) electrons. The molecule has 1 aliphatic heterocycles. The van der Waals surface area contributed by atoms with Crippen molar-refractivity contribution < 1.29 is 19.6 Å². The Morgan fingerprint density at radius 1 is 1.38 bits per heavy atom. The second kappa shape index (κ2) is 7.77. The molecule has 0 atom stereocenters. The monoisotopic (exact) mass is 377 g/mol. The molecule has 0 spiro atoms. The highest BCUT2D eigenvalue weighted by Crippen LogP contribution is 2.38. The van der Waals surface area contributed by atoms with Crippen molar-refractivity contribution in [1.29, 1.82) is 0 Å². The lowest BCUT2D eigenvalue weighted by Crippen LogP contribution is -2.22. The van der Waals surface area contributed by atoms with E-state index in [1.165, 1.54) is 43.5 Å². The van der Waals surface area contributed by atoms with Gasteiger partial charge >= 0.3 is 5.69 Å². The molecule has 3 rings (SSSR count). The predicted molar refractivity (Wildman–Crippen MR) is 99.3 cm³/mol. The number of phenolic OH excluding ortho intramolecular Hbond substituents is 1. The van der Waals surface area contributed by atoms with E-state index in [9.17, 15) is 20.0 Å². The first-order valence-electron chi connectivity index (χ1n) is 8.32. The molecule has 1 heterocycles. The van der Waals surface area contributed by atoms with E-state index < -0.39 is 16.4 Å². The summed E-state index contributed by atoms with van der Waals surface area (Å²) in [5.41, 5.74) is -0.0846. The van der Waals surface area contributed by atoms with Crippen molar-refractivity contribution in [2.75, 3.05) is 7.11 Å². The lowest BCUT2D eigenvalue weighted by atomic mass is 9.96. The predicted octanol–water partition coefficient (Wildman–Crippen LogP) is 3.20. The van der Waals surface area contributed by atoms with Crippen molar-refractivity contribution in [2.24, 2.45) is 4.99 Å². The molecule has 9 heteroatoms. The van der Waals surface area contributed by atoms with E-state index in [1.54, 1.807) is 0 Å². The summed E-state index contributed by atoms with van der Waals surface area (Å²) < 4.78 is 4.97. The van der Waals surface area contributed by atoms with E-state index in [2.05, 4.69) is 10.3 Å². The molecule has 0 unspecified atom stereocenters. The second-order valence-corrected chi connectivity index (χ2v) is 7.17. The van der Waals surface area contributed by atoms with Gasteiger partial charge in [-0.1, -0.05) is 19.3 Å². The lowest BCUT2D eigenvalue weighted by molar-refractivity contribution is -0.386. The highest BCUT2D eigenvalue weighted by atomic mass is 32.2. The molecule has 2 fully saturated rings. The zero-order valence-corrected chi connectivity index (χ0v) is 15.0. The number of nitro groups is 1. The number of aromatic hydroxyl groups is 1. The van der Waals surface area contributed by atoms with Crippen molar-refractivity contribution in [2.45, 2.75) is 38.1 Å². The molecular weight excluding hydrogens is 358 g/mol. The topological polar surface area (TPSA) is 114 Å². The molecule has 1 aliphatic carbocycles. The first-order valence-corrected chi connectivity index (χ1v) is 9.13.